The lowest BCUT2D eigenvalue weighted by Gasteiger charge is -2.15. The van der Waals surface area contributed by atoms with Gasteiger partial charge in [0.25, 0.3) is 0 Å². The Balaban J connectivity index is 2.27. The molecule has 4 N–H and O–H groups in total. The SMILES string of the molecule is CC(C)[C@H](N)C(=O)NCC(=O)NCc1ccncn1. The third-order valence-electron chi connectivity index (χ3n) is 2.55. The molecule has 19 heavy (non-hydrogen) atoms. The molecule has 1 aromatic heterocycles. The number of hydrogen-bond acceptors (Lipinski definition) is 5. The number of nitrogens with one attached hydrogen (secondary N) is 2. The van der Waals surface area contributed by atoms with Gasteiger partial charge < -0.3 is 16.4 Å². The van der Waals surface area contributed by atoms with Gasteiger partial charge in [-0.05, 0) is 12.0 Å². The molecular weight excluding hydrogens is 246 g/mol. The van der Waals surface area contributed by atoms with Crippen LogP contribution >= 0.6 is 0 Å². The van der Waals surface area contributed by atoms with Crippen molar-refractivity contribution in [1.82, 2.24) is 20.6 Å². The van der Waals surface area contributed by atoms with Crippen LogP contribution in [-0.4, -0.2) is 34.4 Å². The zero-order chi connectivity index (χ0) is 14.3. The average Bonchev–Trinajstić information content (AvgIpc) is 2.42. The number of carbonyl (C=O) groups excluding carboxylic acids is 2. The summed E-state index contributed by atoms with van der Waals surface area (Å²) < 4.78 is 0. The van der Waals surface area contributed by atoms with Crippen molar-refractivity contribution in [2.75, 3.05) is 6.54 Å². The molecule has 7 nitrogen and oxygen atoms in total. The second kappa shape index (κ2) is 7.42. The number of aromatic nitrogens is 2. The van der Waals surface area contributed by atoms with Crippen molar-refractivity contribution < 1.29 is 9.59 Å². The van der Waals surface area contributed by atoms with Crippen LogP contribution in [-0.2, 0) is 16.1 Å². The summed E-state index contributed by atoms with van der Waals surface area (Å²) >= 11 is 0. The molecule has 0 aliphatic rings. The Morgan fingerprint density at radius 2 is 2.11 bits per heavy atom. The van der Waals surface area contributed by atoms with Crippen LogP contribution in [0.2, 0.25) is 0 Å². The van der Waals surface area contributed by atoms with Gasteiger partial charge in [-0.15, -0.1) is 0 Å². The van der Waals surface area contributed by atoms with Crippen LogP contribution in [0, 0.1) is 5.92 Å². The fourth-order valence-corrected chi connectivity index (χ4v) is 1.26. The first-order valence-corrected chi connectivity index (χ1v) is 6.05. The summed E-state index contributed by atoms with van der Waals surface area (Å²) in [5, 5.41) is 5.13. The fraction of sp³-hybridized carbons (Fsp3) is 0.500. The molecule has 0 aliphatic carbocycles. The smallest absolute Gasteiger partial charge is 0.239 e. The maximum atomic E-state index is 11.5. The van der Waals surface area contributed by atoms with Gasteiger partial charge in [0.15, 0.2) is 0 Å². The molecule has 0 saturated heterocycles. The lowest BCUT2D eigenvalue weighted by Crippen LogP contribution is -2.47. The fourth-order valence-electron chi connectivity index (χ4n) is 1.26. The molecule has 0 aromatic carbocycles. The lowest BCUT2D eigenvalue weighted by molar-refractivity contribution is -0.127. The molecule has 0 saturated carbocycles. The zero-order valence-electron chi connectivity index (χ0n) is 11.1. The Morgan fingerprint density at radius 3 is 2.68 bits per heavy atom. The Hall–Kier alpha value is -2.02. The topological polar surface area (TPSA) is 110 Å². The van der Waals surface area contributed by atoms with E-state index in [1.54, 1.807) is 12.3 Å². The van der Waals surface area contributed by atoms with E-state index >= 15 is 0 Å². The largest absolute Gasteiger partial charge is 0.349 e. The Kier molecular flexibility index (Phi) is 5.87. The molecule has 2 amide bonds. The molecule has 7 heteroatoms. The van der Waals surface area contributed by atoms with E-state index in [0.29, 0.717) is 12.2 Å². The van der Waals surface area contributed by atoms with Gasteiger partial charge in [0.2, 0.25) is 11.8 Å². The molecular formula is C12H19N5O2. The minimum Gasteiger partial charge on any atom is -0.349 e. The van der Waals surface area contributed by atoms with Crippen molar-refractivity contribution >= 4 is 11.8 Å². The number of rotatable bonds is 6. The first-order chi connectivity index (χ1) is 9.00. The van der Waals surface area contributed by atoms with Crippen LogP contribution in [0.4, 0.5) is 0 Å². The van der Waals surface area contributed by atoms with Gasteiger partial charge in [0, 0.05) is 6.20 Å². The van der Waals surface area contributed by atoms with E-state index in [9.17, 15) is 9.59 Å². The summed E-state index contributed by atoms with van der Waals surface area (Å²) in [6, 6.07) is 1.10. The third kappa shape index (κ3) is 5.43. The van der Waals surface area contributed by atoms with Crippen molar-refractivity contribution in [2.45, 2.75) is 26.4 Å². The van der Waals surface area contributed by atoms with Gasteiger partial charge >= 0.3 is 0 Å². The van der Waals surface area contributed by atoms with Gasteiger partial charge in [-0.1, -0.05) is 13.8 Å². The predicted molar refractivity (Wildman–Crippen MR) is 69.7 cm³/mol. The molecule has 0 fully saturated rings. The Labute approximate surface area is 112 Å². The van der Waals surface area contributed by atoms with Crippen molar-refractivity contribution in [2.24, 2.45) is 11.7 Å². The molecule has 1 rings (SSSR count). The van der Waals surface area contributed by atoms with Crippen LogP contribution in [0.3, 0.4) is 0 Å². The molecule has 1 atom stereocenters. The van der Waals surface area contributed by atoms with E-state index in [4.69, 9.17) is 5.73 Å². The number of nitrogens with zero attached hydrogens (tertiary/aromatic N) is 2. The summed E-state index contributed by atoms with van der Waals surface area (Å²) in [6.07, 6.45) is 3.00. The van der Waals surface area contributed by atoms with Crippen LogP contribution in [0.15, 0.2) is 18.6 Å². The number of nitrogens with two attached hydrogens (primary N) is 1. The van der Waals surface area contributed by atoms with Crippen molar-refractivity contribution in [3.8, 4) is 0 Å². The maximum absolute atomic E-state index is 11.5. The summed E-state index contributed by atoms with van der Waals surface area (Å²) in [4.78, 5) is 30.8. The van der Waals surface area contributed by atoms with E-state index in [0.717, 1.165) is 0 Å². The molecule has 1 heterocycles. The summed E-state index contributed by atoms with van der Waals surface area (Å²) in [5.74, 6) is -0.584. The molecule has 1 aromatic rings. The second-order valence-corrected chi connectivity index (χ2v) is 4.47. The van der Waals surface area contributed by atoms with Gasteiger partial charge in [0.1, 0.15) is 6.33 Å². The molecule has 0 radical (unpaired) electrons. The predicted octanol–water partition coefficient (Wildman–Crippen LogP) is -0.808. The van der Waals surface area contributed by atoms with Crippen molar-refractivity contribution in [3.05, 3.63) is 24.3 Å². The van der Waals surface area contributed by atoms with Crippen LogP contribution < -0.4 is 16.4 Å². The zero-order valence-corrected chi connectivity index (χ0v) is 11.1. The van der Waals surface area contributed by atoms with E-state index in [1.807, 2.05) is 13.8 Å². The first kappa shape index (κ1) is 15.0. The average molecular weight is 265 g/mol. The maximum Gasteiger partial charge on any atom is 0.239 e. The first-order valence-electron chi connectivity index (χ1n) is 6.05. The summed E-state index contributed by atoms with van der Waals surface area (Å²) in [5.41, 5.74) is 6.35. The van der Waals surface area contributed by atoms with Crippen molar-refractivity contribution in [1.29, 1.82) is 0 Å². The highest BCUT2D eigenvalue weighted by Crippen LogP contribution is 1.97. The minimum atomic E-state index is -0.602. The lowest BCUT2D eigenvalue weighted by atomic mass is 10.1. The molecule has 104 valence electrons. The minimum absolute atomic E-state index is 0.0316. The Bertz CT molecular complexity index is 421. The summed E-state index contributed by atoms with van der Waals surface area (Å²) in [6.45, 7) is 3.90. The van der Waals surface area contributed by atoms with E-state index < -0.39 is 6.04 Å². The van der Waals surface area contributed by atoms with Gasteiger partial charge in [-0.25, -0.2) is 9.97 Å². The third-order valence-corrected chi connectivity index (χ3v) is 2.55. The normalized spacial score (nSPS) is 12.0. The van der Waals surface area contributed by atoms with Crippen LogP contribution in [0.1, 0.15) is 19.5 Å². The highest BCUT2D eigenvalue weighted by atomic mass is 16.2. The molecule has 0 spiro atoms. The summed E-state index contributed by atoms with van der Waals surface area (Å²) in [7, 11) is 0. The van der Waals surface area contributed by atoms with Crippen molar-refractivity contribution in [3.63, 3.8) is 0 Å². The monoisotopic (exact) mass is 265 g/mol. The highest BCUT2D eigenvalue weighted by molar-refractivity contribution is 5.87. The number of hydrogen-bond donors (Lipinski definition) is 3. The van der Waals surface area contributed by atoms with E-state index in [2.05, 4.69) is 20.6 Å². The number of carbonyl (C=O) groups is 2. The molecule has 0 aliphatic heterocycles. The highest BCUT2D eigenvalue weighted by Gasteiger charge is 2.17. The standard InChI is InChI=1S/C12H19N5O2/c1-8(2)11(13)12(19)16-6-10(18)15-5-9-3-4-14-7-17-9/h3-4,7-8,11H,5-6,13H2,1-2H3,(H,15,18)(H,16,19)/t11-/m0/s1. The molecule has 0 bridgehead atoms. The van der Waals surface area contributed by atoms with Crippen LogP contribution in [0.5, 0.6) is 0 Å². The van der Waals surface area contributed by atoms with E-state index in [-0.39, 0.29) is 24.3 Å². The van der Waals surface area contributed by atoms with Crippen LogP contribution in [0.25, 0.3) is 0 Å². The van der Waals surface area contributed by atoms with Gasteiger partial charge in [0.05, 0.1) is 24.8 Å². The quantitative estimate of drug-likeness (QED) is 0.623. The van der Waals surface area contributed by atoms with E-state index in [1.165, 1.54) is 6.33 Å². The number of amides is 2. The van der Waals surface area contributed by atoms with Gasteiger partial charge in [-0.2, -0.15) is 0 Å². The van der Waals surface area contributed by atoms with Gasteiger partial charge in [-0.3, -0.25) is 9.59 Å². The Morgan fingerprint density at radius 1 is 1.37 bits per heavy atom. The molecule has 0 unspecified atom stereocenters. The second-order valence-electron chi connectivity index (χ2n) is 4.47.